The molecule has 0 amide bonds. The van der Waals surface area contributed by atoms with Crippen LogP contribution in [0.5, 0.6) is 0 Å². The first-order valence-corrected chi connectivity index (χ1v) is 7.19. The van der Waals surface area contributed by atoms with Gasteiger partial charge >= 0.3 is 98.8 Å². The first-order chi connectivity index (χ1) is 6.50. The van der Waals surface area contributed by atoms with Gasteiger partial charge in [0, 0.05) is 0 Å². The molecule has 0 saturated carbocycles. The van der Waals surface area contributed by atoms with Crippen molar-refractivity contribution in [3.05, 3.63) is 0 Å². The Balaban J connectivity index is -0.000000845. The van der Waals surface area contributed by atoms with E-state index in [2.05, 4.69) is 46.4 Å². The van der Waals surface area contributed by atoms with Crippen LogP contribution in [0.3, 0.4) is 0 Å². The first kappa shape index (κ1) is 22.4. The second kappa shape index (κ2) is 12.7. The second-order valence-electron chi connectivity index (χ2n) is 4.28. The van der Waals surface area contributed by atoms with Gasteiger partial charge < -0.3 is 0 Å². The summed E-state index contributed by atoms with van der Waals surface area (Å²) in [7, 11) is 0. The van der Waals surface area contributed by atoms with Crippen LogP contribution in [0.25, 0.3) is 0 Å². The van der Waals surface area contributed by atoms with Crippen LogP contribution >= 0.6 is 24.8 Å². The van der Waals surface area contributed by atoms with Gasteiger partial charge in [0.25, 0.3) is 0 Å². The second-order valence-corrected chi connectivity index (χ2v) is 6.40. The van der Waals surface area contributed by atoms with E-state index in [9.17, 15) is 0 Å². The summed E-state index contributed by atoms with van der Waals surface area (Å²) in [5.41, 5.74) is 0. The summed E-state index contributed by atoms with van der Waals surface area (Å²) in [5, 5.41) is 0. The van der Waals surface area contributed by atoms with Crippen LogP contribution in [-0.4, -0.2) is 27.9 Å². The number of rotatable bonds is 7. The number of hydrogen-bond donors (Lipinski definition) is 0. The van der Waals surface area contributed by atoms with Crippen molar-refractivity contribution >= 4 is 24.8 Å². The smallest absolute Gasteiger partial charge is 0.147 e. The molecule has 1 unspecified atom stereocenters. The molecule has 0 aliphatic rings. The van der Waals surface area contributed by atoms with Crippen molar-refractivity contribution in [1.82, 2.24) is 4.90 Å². The molecule has 100 valence electrons. The maximum absolute atomic E-state index is 5.71. The van der Waals surface area contributed by atoms with E-state index in [1.807, 2.05) is 0 Å². The number of hydrogen-bond acceptors (Lipinski definition) is 2. The maximum atomic E-state index is 5.71. The third-order valence-corrected chi connectivity index (χ3v) is 3.78. The van der Waals surface area contributed by atoms with Gasteiger partial charge in [0.05, 0.1) is 0 Å². The van der Waals surface area contributed by atoms with E-state index in [0.717, 1.165) is 13.0 Å². The maximum Gasteiger partial charge on any atom is -0.147 e. The third kappa shape index (κ3) is 9.27. The summed E-state index contributed by atoms with van der Waals surface area (Å²) in [5.74, 6) is 0. The molecular formula is C11H27Cl2NOTi. The molecule has 16 heavy (non-hydrogen) atoms. The summed E-state index contributed by atoms with van der Waals surface area (Å²) >= 11 is -0.259. The molecule has 0 aliphatic carbocycles. The zero-order chi connectivity index (χ0) is 11.1. The van der Waals surface area contributed by atoms with Crippen molar-refractivity contribution in [1.29, 1.82) is 0 Å². The quantitative estimate of drug-likeness (QED) is 0.525. The molecule has 0 rings (SSSR count). The van der Waals surface area contributed by atoms with Gasteiger partial charge in [-0.3, -0.25) is 0 Å². The molecule has 0 aromatic heterocycles. The van der Waals surface area contributed by atoms with E-state index < -0.39 is 0 Å². The Bertz CT molecular complexity index is 140. The number of halogens is 2. The Morgan fingerprint density at radius 1 is 1.00 bits per heavy atom. The predicted molar refractivity (Wildman–Crippen MR) is 72.3 cm³/mol. The normalized spacial score (nSPS) is 12.3. The summed E-state index contributed by atoms with van der Waals surface area (Å²) in [4.78, 5) is 2.55. The molecule has 0 N–H and O–H groups in total. The van der Waals surface area contributed by atoms with Crippen molar-refractivity contribution in [3.8, 4) is 0 Å². The minimum atomic E-state index is -0.259. The molecule has 0 bridgehead atoms. The molecule has 0 spiro atoms. The molecule has 0 fully saturated rings. The van der Waals surface area contributed by atoms with Crippen molar-refractivity contribution in [2.45, 2.75) is 64.4 Å². The molecule has 0 saturated heterocycles. The molecule has 0 aliphatic heterocycles. The molecule has 5 heteroatoms. The fourth-order valence-corrected chi connectivity index (χ4v) is 3.83. The largest absolute Gasteiger partial charge is 0.147 e. The summed E-state index contributed by atoms with van der Waals surface area (Å²) in [6, 6.07) is 1.25. The van der Waals surface area contributed by atoms with E-state index in [-0.39, 0.29) is 44.4 Å². The van der Waals surface area contributed by atoms with E-state index >= 15 is 0 Å². The van der Waals surface area contributed by atoms with Crippen molar-refractivity contribution in [3.63, 3.8) is 0 Å². The van der Waals surface area contributed by atoms with E-state index in [1.54, 1.807) is 0 Å². The molecule has 0 aromatic rings. The fourth-order valence-electron chi connectivity index (χ4n) is 1.83. The van der Waals surface area contributed by atoms with Gasteiger partial charge in [-0.05, 0) is 0 Å². The molecule has 1 atom stereocenters. The van der Waals surface area contributed by atoms with Crippen molar-refractivity contribution in [2.24, 2.45) is 0 Å². The van der Waals surface area contributed by atoms with Crippen molar-refractivity contribution < 1.29 is 22.9 Å². The molecule has 0 aromatic carbocycles. The van der Waals surface area contributed by atoms with Gasteiger partial charge in [-0.1, -0.05) is 0 Å². The summed E-state index contributed by atoms with van der Waals surface area (Å²) < 4.78 is 6.35. The van der Waals surface area contributed by atoms with Crippen molar-refractivity contribution in [2.75, 3.05) is 6.61 Å². The van der Waals surface area contributed by atoms with Gasteiger partial charge in [-0.15, -0.1) is 24.8 Å². The Morgan fingerprint density at radius 3 is 1.75 bits per heavy atom. The Hall–Kier alpha value is 1.21. The molecule has 0 radical (unpaired) electrons. The van der Waals surface area contributed by atoms with E-state index in [1.165, 1.54) is 0 Å². The average Bonchev–Trinajstić information content (AvgIpc) is 2.03. The summed E-state index contributed by atoms with van der Waals surface area (Å²) in [6.07, 6.45) is 1.14. The standard InChI is InChI=1S/C8H18N.C3H7O.2ClH.Ti/c1-6-9(7(2)3)8(4)5;1-2-3-4;;;/h6-8H,1-5H3;2-3H2,1H3;2*1H;/q;-1;;;+1. The summed E-state index contributed by atoms with van der Waals surface area (Å²) in [6.45, 7) is 14.5. The van der Waals surface area contributed by atoms with E-state index in [4.69, 9.17) is 3.32 Å². The SMILES string of the molecule is CCC[O][Ti][CH](C)N(C(C)C)C(C)C.Cl.Cl. The van der Waals surface area contributed by atoms with Crippen LogP contribution in [0.15, 0.2) is 0 Å². The van der Waals surface area contributed by atoms with Gasteiger partial charge in [0.2, 0.25) is 0 Å². The van der Waals surface area contributed by atoms with Crippen LogP contribution in [0.1, 0.15) is 48.0 Å². The fraction of sp³-hybridized carbons (Fsp3) is 1.00. The van der Waals surface area contributed by atoms with Gasteiger partial charge in [-0.25, -0.2) is 0 Å². The van der Waals surface area contributed by atoms with Crippen LogP contribution < -0.4 is 0 Å². The number of nitrogens with zero attached hydrogens (tertiary/aromatic N) is 1. The van der Waals surface area contributed by atoms with E-state index in [0.29, 0.717) is 16.4 Å². The Labute approximate surface area is 123 Å². The zero-order valence-corrected chi connectivity index (χ0v) is 14.5. The van der Waals surface area contributed by atoms with Gasteiger partial charge in [-0.2, -0.15) is 0 Å². The zero-order valence-electron chi connectivity index (χ0n) is 11.3. The van der Waals surface area contributed by atoms with Gasteiger partial charge in [0.1, 0.15) is 0 Å². The predicted octanol–water partition coefficient (Wildman–Crippen LogP) is 3.72. The molecular weight excluding hydrogens is 281 g/mol. The van der Waals surface area contributed by atoms with Gasteiger partial charge in [0.15, 0.2) is 0 Å². The molecule has 0 heterocycles. The minimum Gasteiger partial charge on any atom is -0.147 e. The third-order valence-electron chi connectivity index (χ3n) is 2.20. The monoisotopic (exact) mass is 307 g/mol. The molecule has 2 nitrogen and oxygen atoms in total. The average molecular weight is 308 g/mol. The van der Waals surface area contributed by atoms with Crippen LogP contribution in [0.4, 0.5) is 0 Å². The van der Waals surface area contributed by atoms with Crippen LogP contribution in [0.2, 0.25) is 0 Å². The topological polar surface area (TPSA) is 12.5 Å². The first-order valence-electron chi connectivity index (χ1n) is 5.65. The van der Waals surface area contributed by atoms with Crippen LogP contribution in [0, 0.1) is 0 Å². The Morgan fingerprint density at radius 2 is 1.44 bits per heavy atom. The van der Waals surface area contributed by atoms with Crippen LogP contribution in [-0.2, 0) is 22.9 Å². The Kier molecular flexibility index (Phi) is 17.7. The minimum absolute atomic E-state index is 0.